The van der Waals surface area contributed by atoms with Crippen LogP contribution in [0.25, 0.3) is 0 Å². The topological polar surface area (TPSA) is 105 Å². The number of rotatable bonds is 7. The number of nitrogens with one attached hydrogen (secondary N) is 2. The third-order valence-electron chi connectivity index (χ3n) is 2.90. The van der Waals surface area contributed by atoms with E-state index in [9.17, 15) is 18.0 Å². The number of nitrogens with zero attached hydrogens (tertiary/aromatic N) is 1. The van der Waals surface area contributed by atoms with Crippen LogP contribution < -0.4 is 15.4 Å². The van der Waals surface area contributed by atoms with Gasteiger partial charge in [0.05, 0.1) is 19.3 Å². The van der Waals surface area contributed by atoms with E-state index in [2.05, 4.69) is 22.5 Å². The van der Waals surface area contributed by atoms with Crippen LogP contribution in [-0.4, -0.2) is 57.5 Å². The van der Waals surface area contributed by atoms with Gasteiger partial charge in [-0.05, 0) is 12.1 Å². The van der Waals surface area contributed by atoms with E-state index >= 15 is 0 Å². The van der Waals surface area contributed by atoms with E-state index < -0.39 is 15.9 Å². The minimum absolute atomic E-state index is 0.0890. The van der Waals surface area contributed by atoms with Gasteiger partial charge in [-0.3, -0.25) is 9.59 Å². The Morgan fingerprint density at radius 1 is 1.28 bits per heavy atom. The lowest BCUT2D eigenvalue weighted by atomic mass is 10.3. The van der Waals surface area contributed by atoms with Gasteiger partial charge >= 0.3 is 0 Å². The first kappa shape index (κ1) is 20.5. The van der Waals surface area contributed by atoms with Crippen LogP contribution >= 0.6 is 0 Å². The predicted octanol–water partition coefficient (Wildman–Crippen LogP) is 0.0348. The van der Waals surface area contributed by atoms with Crippen LogP contribution in [0.2, 0.25) is 0 Å². The molecule has 0 saturated heterocycles. The number of ether oxygens (including phenoxy) is 1. The lowest BCUT2D eigenvalue weighted by Gasteiger charge is -2.12. The molecule has 0 unspecified atom stereocenters. The second-order valence-corrected chi connectivity index (χ2v) is 7.24. The monoisotopic (exact) mass is 367 g/mol. The molecule has 8 nitrogen and oxygen atoms in total. The molecular weight excluding hydrogens is 346 g/mol. The maximum absolute atomic E-state index is 11.5. The van der Waals surface area contributed by atoms with E-state index in [-0.39, 0.29) is 25.6 Å². The highest BCUT2D eigenvalue weighted by Crippen LogP contribution is 2.16. The molecule has 9 heteroatoms. The third kappa shape index (κ3) is 8.74. The van der Waals surface area contributed by atoms with Gasteiger partial charge in [0.15, 0.2) is 0 Å². The summed E-state index contributed by atoms with van der Waals surface area (Å²) < 4.78 is 28.7. The highest BCUT2D eigenvalue weighted by Gasteiger charge is 2.14. The van der Waals surface area contributed by atoms with Crippen molar-refractivity contribution in [3.05, 3.63) is 24.3 Å². The number of carbonyl (C=O) groups excluding carboxylic acids is 2. The molecule has 25 heavy (non-hydrogen) atoms. The molecular formula is C16H21N3O5S. The van der Waals surface area contributed by atoms with Gasteiger partial charge in [-0.15, -0.1) is 0 Å². The zero-order chi connectivity index (χ0) is 18.9. The Hall–Kier alpha value is -2.57. The molecule has 0 heterocycles. The summed E-state index contributed by atoms with van der Waals surface area (Å²) in [5, 5.41) is 5.14. The van der Waals surface area contributed by atoms with Gasteiger partial charge in [-0.2, -0.15) is 4.31 Å². The van der Waals surface area contributed by atoms with Crippen molar-refractivity contribution in [3.8, 4) is 17.6 Å². The normalized spacial score (nSPS) is 10.6. The number of sulfonamides is 1. The molecule has 0 aromatic heterocycles. The summed E-state index contributed by atoms with van der Waals surface area (Å²) in [5.41, 5.74) is 0.625. The standard InChI is InChI=1S/C16H21N3O5S/c1-13(20)18-14-7-6-8-15(11-14)24-10-5-4-9-17-16(21)12-19(2)25(3,22)23/h6-8,11H,9-10,12H2,1-3H3,(H,17,21)(H,18,20). The maximum atomic E-state index is 11.5. The Kier molecular flexibility index (Phi) is 7.91. The number of carbonyl (C=O) groups is 2. The first-order chi connectivity index (χ1) is 11.7. The molecule has 0 fully saturated rings. The van der Waals surface area contributed by atoms with Crippen LogP contribution in [0.4, 0.5) is 5.69 Å². The SMILES string of the molecule is CC(=O)Nc1cccc(OCC#CCNC(=O)CN(C)S(C)(=O)=O)c1. The number of anilines is 1. The number of benzene rings is 1. The lowest BCUT2D eigenvalue weighted by molar-refractivity contribution is -0.120. The molecule has 2 N–H and O–H groups in total. The summed E-state index contributed by atoms with van der Waals surface area (Å²) >= 11 is 0. The minimum atomic E-state index is -3.39. The van der Waals surface area contributed by atoms with Gasteiger partial charge in [-0.1, -0.05) is 17.9 Å². The molecule has 0 radical (unpaired) electrons. The van der Waals surface area contributed by atoms with Gasteiger partial charge in [0.2, 0.25) is 21.8 Å². The first-order valence-corrected chi connectivity index (χ1v) is 9.17. The lowest BCUT2D eigenvalue weighted by Crippen LogP contribution is -2.37. The second kappa shape index (κ2) is 9.66. The van der Waals surface area contributed by atoms with Gasteiger partial charge in [0.1, 0.15) is 12.4 Å². The second-order valence-electron chi connectivity index (χ2n) is 5.15. The quantitative estimate of drug-likeness (QED) is 0.662. The van der Waals surface area contributed by atoms with E-state index in [0.717, 1.165) is 10.6 Å². The summed E-state index contributed by atoms with van der Waals surface area (Å²) in [6, 6.07) is 6.89. The molecule has 0 saturated carbocycles. The van der Waals surface area contributed by atoms with Crippen molar-refractivity contribution < 1.29 is 22.7 Å². The average Bonchev–Trinajstić information content (AvgIpc) is 2.49. The zero-order valence-electron chi connectivity index (χ0n) is 14.3. The molecule has 136 valence electrons. The van der Waals surface area contributed by atoms with Gasteiger partial charge < -0.3 is 15.4 Å². The van der Waals surface area contributed by atoms with Crippen LogP contribution in [0.1, 0.15) is 6.92 Å². The summed E-state index contributed by atoms with van der Waals surface area (Å²) in [4.78, 5) is 22.5. The smallest absolute Gasteiger partial charge is 0.236 e. The van der Waals surface area contributed by atoms with Crippen molar-refractivity contribution in [1.29, 1.82) is 0 Å². The third-order valence-corrected chi connectivity index (χ3v) is 4.16. The van der Waals surface area contributed by atoms with Crippen molar-refractivity contribution in [1.82, 2.24) is 9.62 Å². The Balaban J connectivity index is 2.34. The van der Waals surface area contributed by atoms with E-state index in [1.165, 1.54) is 14.0 Å². The van der Waals surface area contributed by atoms with Gasteiger partial charge in [-0.25, -0.2) is 8.42 Å². The average molecular weight is 367 g/mol. The molecule has 0 aliphatic heterocycles. The molecule has 0 aliphatic carbocycles. The Morgan fingerprint density at radius 2 is 2.00 bits per heavy atom. The molecule has 0 spiro atoms. The fourth-order valence-corrected chi connectivity index (χ4v) is 1.97. The molecule has 0 aliphatic rings. The molecule has 0 bridgehead atoms. The number of hydrogen-bond acceptors (Lipinski definition) is 5. The van der Waals surface area contributed by atoms with Crippen LogP contribution in [0.15, 0.2) is 24.3 Å². The highest BCUT2D eigenvalue weighted by atomic mass is 32.2. The molecule has 0 atom stereocenters. The van der Waals surface area contributed by atoms with Crippen LogP contribution in [-0.2, 0) is 19.6 Å². The number of amides is 2. The van der Waals surface area contributed by atoms with Crippen molar-refractivity contribution in [2.24, 2.45) is 0 Å². The largest absolute Gasteiger partial charge is 0.481 e. The van der Waals surface area contributed by atoms with Crippen molar-refractivity contribution >= 4 is 27.5 Å². The van der Waals surface area contributed by atoms with Crippen molar-refractivity contribution in [2.45, 2.75) is 6.92 Å². The van der Waals surface area contributed by atoms with Crippen LogP contribution in [0, 0.1) is 11.8 Å². The molecule has 1 rings (SSSR count). The van der Waals surface area contributed by atoms with E-state index in [4.69, 9.17) is 4.74 Å². The summed E-state index contributed by atoms with van der Waals surface area (Å²) in [7, 11) is -2.07. The van der Waals surface area contributed by atoms with Crippen molar-refractivity contribution in [2.75, 3.05) is 38.3 Å². The first-order valence-electron chi connectivity index (χ1n) is 7.32. The molecule has 1 aromatic carbocycles. The van der Waals surface area contributed by atoms with Gasteiger partial charge in [0, 0.05) is 25.7 Å². The van der Waals surface area contributed by atoms with Crippen molar-refractivity contribution in [3.63, 3.8) is 0 Å². The summed E-state index contributed by atoms with van der Waals surface area (Å²) in [5.74, 6) is 5.37. The predicted molar refractivity (Wildman–Crippen MR) is 94.5 cm³/mol. The summed E-state index contributed by atoms with van der Waals surface area (Å²) in [6.07, 6.45) is 1.03. The van der Waals surface area contributed by atoms with Crippen LogP contribution in [0.3, 0.4) is 0 Å². The van der Waals surface area contributed by atoms with E-state index in [0.29, 0.717) is 11.4 Å². The zero-order valence-corrected chi connectivity index (χ0v) is 15.1. The highest BCUT2D eigenvalue weighted by molar-refractivity contribution is 7.88. The van der Waals surface area contributed by atoms with Gasteiger partial charge in [0.25, 0.3) is 0 Å². The van der Waals surface area contributed by atoms with E-state index in [1.54, 1.807) is 24.3 Å². The van der Waals surface area contributed by atoms with Crippen LogP contribution in [0.5, 0.6) is 5.75 Å². The number of hydrogen-bond donors (Lipinski definition) is 2. The minimum Gasteiger partial charge on any atom is -0.481 e. The number of likely N-dealkylation sites (N-methyl/N-ethyl adjacent to an activating group) is 1. The van der Waals surface area contributed by atoms with E-state index in [1.807, 2.05) is 0 Å². The Bertz CT molecular complexity index is 780. The molecule has 1 aromatic rings. The maximum Gasteiger partial charge on any atom is 0.236 e. The summed E-state index contributed by atoms with van der Waals surface area (Å²) in [6.45, 7) is 1.36. The fraction of sp³-hybridized carbons (Fsp3) is 0.375. The molecule has 2 amide bonds. The fourth-order valence-electron chi connectivity index (χ4n) is 1.62. The Morgan fingerprint density at radius 3 is 2.64 bits per heavy atom. The Labute approximate surface area is 147 Å².